The highest BCUT2D eigenvalue weighted by molar-refractivity contribution is 5.28. The second kappa shape index (κ2) is 5.88. The minimum atomic E-state index is -0.156. The molecule has 1 saturated carbocycles. The lowest BCUT2D eigenvalue weighted by Crippen LogP contribution is -2.41. The van der Waals surface area contributed by atoms with Crippen molar-refractivity contribution in [3.63, 3.8) is 0 Å². The van der Waals surface area contributed by atoms with Crippen LogP contribution >= 0.6 is 0 Å². The summed E-state index contributed by atoms with van der Waals surface area (Å²) in [5.41, 5.74) is 9.23. The summed E-state index contributed by atoms with van der Waals surface area (Å²) in [5.74, 6) is 0.646. The lowest BCUT2D eigenvalue weighted by Gasteiger charge is -2.34. The van der Waals surface area contributed by atoms with E-state index in [4.69, 9.17) is 5.73 Å². The van der Waals surface area contributed by atoms with Crippen LogP contribution in [0.5, 0.6) is 0 Å². The number of aryl methyl sites for hydroxylation is 1. The van der Waals surface area contributed by atoms with Crippen LogP contribution in [0, 0.1) is 5.92 Å². The molecule has 1 aliphatic rings. The van der Waals surface area contributed by atoms with E-state index in [1.54, 1.807) is 0 Å². The van der Waals surface area contributed by atoms with E-state index in [0.29, 0.717) is 5.92 Å². The molecule has 0 bridgehead atoms. The third-order valence-corrected chi connectivity index (χ3v) is 4.69. The van der Waals surface area contributed by atoms with Crippen LogP contribution in [0.25, 0.3) is 0 Å². The Morgan fingerprint density at radius 2 is 1.61 bits per heavy atom. The zero-order valence-electron chi connectivity index (χ0n) is 11.9. The summed E-state index contributed by atoms with van der Waals surface area (Å²) in [6.45, 7) is 4.42. The maximum absolute atomic E-state index is 6.67. The molecule has 0 aliphatic heterocycles. The molecule has 0 radical (unpaired) electrons. The fourth-order valence-electron chi connectivity index (χ4n) is 3.21. The zero-order valence-corrected chi connectivity index (χ0v) is 11.9. The molecule has 18 heavy (non-hydrogen) atoms. The van der Waals surface area contributed by atoms with Gasteiger partial charge in [0, 0.05) is 5.54 Å². The number of benzene rings is 1. The molecule has 0 spiro atoms. The number of rotatable bonds is 3. The summed E-state index contributed by atoms with van der Waals surface area (Å²) in [6.07, 6.45) is 9.17. The fourth-order valence-corrected chi connectivity index (χ4v) is 3.21. The highest BCUT2D eigenvalue weighted by Crippen LogP contribution is 2.36. The smallest absolute Gasteiger partial charge is 0.0409 e. The van der Waals surface area contributed by atoms with Gasteiger partial charge in [0.25, 0.3) is 0 Å². The quantitative estimate of drug-likeness (QED) is 0.785. The van der Waals surface area contributed by atoms with Gasteiger partial charge in [0.15, 0.2) is 0 Å². The Kier molecular flexibility index (Phi) is 4.45. The Balaban J connectivity index is 2.16. The highest BCUT2D eigenvalue weighted by atomic mass is 14.7. The molecule has 1 aromatic rings. The molecule has 0 saturated heterocycles. The number of hydrogen-bond donors (Lipinski definition) is 1. The molecule has 0 aromatic heterocycles. The molecule has 0 amide bonds. The van der Waals surface area contributed by atoms with Crippen molar-refractivity contribution in [2.24, 2.45) is 11.7 Å². The van der Waals surface area contributed by atoms with Gasteiger partial charge in [-0.15, -0.1) is 0 Å². The van der Waals surface area contributed by atoms with Crippen LogP contribution in [-0.2, 0) is 12.0 Å². The molecule has 1 nitrogen and oxygen atoms in total. The molecule has 1 atom stereocenters. The number of nitrogens with two attached hydrogens (primary N) is 1. The van der Waals surface area contributed by atoms with Gasteiger partial charge in [-0.3, -0.25) is 0 Å². The van der Waals surface area contributed by atoms with Crippen molar-refractivity contribution in [1.82, 2.24) is 0 Å². The third-order valence-electron chi connectivity index (χ3n) is 4.69. The molecule has 100 valence electrons. The minimum Gasteiger partial charge on any atom is -0.321 e. The van der Waals surface area contributed by atoms with Crippen molar-refractivity contribution in [2.45, 2.75) is 64.3 Å². The van der Waals surface area contributed by atoms with E-state index in [9.17, 15) is 0 Å². The van der Waals surface area contributed by atoms with Gasteiger partial charge in [-0.05, 0) is 43.2 Å². The van der Waals surface area contributed by atoms with Crippen molar-refractivity contribution >= 4 is 0 Å². The van der Waals surface area contributed by atoms with Crippen LogP contribution in [0.4, 0.5) is 0 Å². The van der Waals surface area contributed by atoms with Gasteiger partial charge in [-0.1, -0.05) is 56.9 Å². The van der Waals surface area contributed by atoms with E-state index >= 15 is 0 Å². The van der Waals surface area contributed by atoms with Crippen LogP contribution in [-0.4, -0.2) is 0 Å². The van der Waals surface area contributed by atoms with E-state index in [1.807, 2.05) is 0 Å². The van der Waals surface area contributed by atoms with Gasteiger partial charge in [0.1, 0.15) is 0 Å². The summed E-state index contributed by atoms with van der Waals surface area (Å²) in [6, 6.07) is 8.95. The van der Waals surface area contributed by atoms with Gasteiger partial charge >= 0.3 is 0 Å². The van der Waals surface area contributed by atoms with Crippen molar-refractivity contribution in [3.05, 3.63) is 35.4 Å². The minimum absolute atomic E-state index is 0.156. The maximum atomic E-state index is 6.67. The SMILES string of the molecule is CCc1ccc(C(C)(N)C2CCCCCC2)cc1. The van der Waals surface area contributed by atoms with Crippen LogP contribution in [0.1, 0.15) is 63.5 Å². The van der Waals surface area contributed by atoms with Gasteiger partial charge in [0.2, 0.25) is 0 Å². The Bertz CT molecular complexity index is 356. The molecule has 0 heterocycles. The maximum Gasteiger partial charge on any atom is 0.0409 e. The summed E-state index contributed by atoms with van der Waals surface area (Å²) in [5, 5.41) is 0. The normalized spacial score (nSPS) is 21.3. The Labute approximate surface area is 112 Å². The average molecular weight is 245 g/mol. The largest absolute Gasteiger partial charge is 0.321 e. The van der Waals surface area contributed by atoms with E-state index in [2.05, 4.69) is 38.1 Å². The number of hydrogen-bond acceptors (Lipinski definition) is 1. The van der Waals surface area contributed by atoms with E-state index in [0.717, 1.165) is 6.42 Å². The van der Waals surface area contributed by atoms with Gasteiger partial charge in [0.05, 0.1) is 0 Å². The summed E-state index contributed by atoms with van der Waals surface area (Å²) >= 11 is 0. The lowest BCUT2D eigenvalue weighted by atomic mass is 9.76. The Morgan fingerprint density at radius 1 is 1.06 bits per heavy atom. The Hall–Kier alpha value is -0.820. The van der Waals surface area contributed by atoms with Gasteiger partial charge < -0.3 is 5.73 Å². The summed E-state index contributed by atoms with van der Waals surface area (Å²) in [4.78, 5) is 0. The molecule has 1 fully saturated rings. The molecule has 1 unspecified atom stereocenters. The van der Waals surface area contributed by atoms with E-state index in [1.165, 1.54) is 49.7 Å². The lowest BCUT2D eigenvalue weighted by molar-refractivity contribution is 0.269. The summed E-state index contributed by atoms with van der Waals surface area (Å²) in [7, 11) is 0. The third kappa shape index (κ3) is 2.95. The molecule has 1 aliphatic carbocycles. The molecular formula is C17H27N. The summed E-state index contributed by atoms with van der Waals surface area (Å²) < 4.78 is 0. The first-order valence-electron chi connectivity index (χ1n) is 7.53. The van der Waals surface area contributed by atoms with Crippen LogP contribution in [0.3, 0.4) is 0 Å². The predicted molar refractivity (Wildman–Crippen MR) is 78.6 cm³/mol. The molecule has 1 heteroatoms. The van der Waals surface area contributed by atoms with Crippen molar-refractivity contribution in [3.8, 4) is 0 Å². The highest BCUT2D eigenvalue weighted by Gasteiger charge is 2.31. The van der Waals surface area contributed by atoms with Gasteiger partial charge in [-0.25, -0.2) is 0 Å². The Morgan fingerprint density at radius 3 is 2.11 bits per heavy atom. The molecule has 1 aromatic carbocycles. The predicted octanol–water partition coefficient (Wildman–Crippen LogP) is 4.39. The first-order valence-corrected chi connectivity index (χ1v) is 7.53. The van der Waals surface area contributed by atoms with E-state index < -0.39 is 0 Å². The topological polar surface area (TPSA) is 26.0 Å². The van der Waals surface area contributed by atoms with Crippen LogP contribution in [0.2, 0.25) is 0 Å². The van der Waals surface area contributed by atoms with Crippen molar-refractivity contribution in [2.75, 3.05) is 0 Å². The van der Waals surface area contributed by atoms with Crippen molar-refractivity contribution in [1.29, 1.82) is 0 Å². The second-order valence-electron chi connectivity index (χ2n) is 6.02. The first-order chi connectivity index (χ1) is 8.64. The zero-order chi connectivity index (χ0) is 13.0. The van der Waals surface area contributed by atoms with E-state index in [-0.39, 0.29) is 5.54 Å². The molecular weight excluding hydrogens is 218 g/mol. The van der Waals surface area contributed by atoms with Crippen LogP contribution < -0.4 is 5.73 Å². The monoisotopic (exact) mass is 245 g/mol. The molecule has 2 N–H and O–H groups in total. The second-order valence-corrected chi connectivity index (χ2v) is 6.02. The first kappa shape index (κ1) is 13.6. The van der Waals surface area contributed by atoms with Crippen molar-refractivity contribution < 1.29 is 0 Å². The molecule has 2 rings (SSSR count). The van der Waals surface area contributed by atoms with Crippen LogP contribution in [0.15, 0.2) is 24.3 Å². The van der Waals surface area contributed by atoms with Gasteiger partial charge in [-0.2, -0.15) is 0 Å². The fraction of sp³-hybridized carbons (Fsp3) is 0.647. The standard InChI is InChI=1S/C17H27N/c1-3-14-10-12-16(13-11-14)17(2,18)15-8-6-4-5-7-9-15/h10-13,15H,3-9,18H2,1-2H3. The average Bonchev–Trinajstić information content (AvgIpc) is 2.68.